The van der Waals surface area contributed by atoms with E-state index in [1.165, 1.54) is 29.2 Å². The van der Waals surface area contributed by atoms with Crippen LogP contribution in [0.15, 0.2) is 89.5 Å². The summed E-state index contributed by atoms with van der Waals surface area (Å²) in [5.74, 6) is -1.29. The molecule has 1 fully saturated rings. The molecule has 1 saturated heterocycles. The average molecular weight is 506 g/mol. The maximum absolute atomic E-state index is 13.5. The number of halogens is 2. The van der Waals surface area contributed by atoms with Gasteiger partial charge in [0.05, 0.1) is 5.25 Å². The third-order valence-electron chi connectivity index (χ3n) is 5.47. The van der Waals surface area contributed by atoms with Crippen molar-refractivity contribution in [1.82, 2.24) is 5.32 Å². The van der Waals surface area contributed by atoms with Gasteiger partial charge in [0.15, 0.2) is 0 Å². The Morgan fingerprint density at radius 2 is 1.71 bits per heavy atom. The van der Waals surface area contributed by atoms with Gasteiger partial charge in [-0.2, -0.15) is 5.26 Å². The van der Waals surface area contributed by atoms with Gasteiger partial charge in [-0.25, -0.2) is 4.39 Å². The number of nitrogens with zero attached hydrogens (tertiary/aromatic N) is 2. The zero-order valence-electron chi connectivity index (χ0n) is 18.6. The minimum atomic E-state index is -0.559. The minimum absolute atomic E-state index is 0.153. The summed E-state index contributed by atoms with van der Waals surface area (Å²) in [6.45, 7) is 0.338. The van der Waals surface area contributed by atoms with Crippen LogP contribution >= 0.6 is 23.4 Å². The summed E-state index contributed by atoms with van der Waals surface area (Å²) in [7, 11) is 0. The normalized spacial score (nSPS) is 16.7. The first-order chi connectivity index (χ1) is 17.0. The van der Waals surface area contributed by atoms with Crippen LogP contribution < -0.4 is 10.2 Å². The molecule has 35 heavy (non-hydrogen) atoms. The van der Waals surface area contributed by atoms with Crippen LogP contribution in [-0.2, 0) is 22.4 Å². The molecule has 4 rings (SSSR count). The highest BCUT2D eigenvalue weighted by Gasteiger charge is 2.40. The Bertz CT molecular complexity index is 1290. The first-order valence-corrected chi connectivity index (χ1v) is 12.2. The predicted molar refractivity (Wildman–Crippen MR) is 136 cm³/mol. The number of thioether (sulfide) groups is 1. The van der Waals surface area contributed by atoms with Crippen molar-refractivity contribution in [3.63, 3.8) is 0 Å². The van der Waals surface area contributed by atoms with Gasteiger partial charge in [0.25, 0.3) is 5.91 Å². The number of amides is 2. The quantitative estimate of drug-likeness (QED) is 0.351. The van der Waals surface area contributed by atoms with Crippen LogP contribution in [0.2, 0.25) is 5.02 Å². The fourth-order valence-electron chi connectivity index (χ4n) is 3.70. The zero-order chi connectivity index (χ0) is 24.8. The lowest BCUT2D eigenvalue weighted by atomic mass is 10.1. The van der Waals surface area contributed by atoms with Crippen molar-refractivity contribution in [1.29, 1.82) is 5.26 Å². The molecular formula is C27H21ClFN3O2S. The zero-order valence-corrected chi connectivity index (χ0v) is 20.2. The molecule has 3 aromatic carbocycles. The van der Waals surface area contributed by atoms with Gasteiger partial charge in [0, 0.05) is 17.3 Å². The molecule has 3 aromatic rings. The standard InChI is InChI=1S/C27H21ClFN3O2S/c28-20-8-6-19(7-9-20)16-24-26(34)32(22-12-10-21(29)11-13-22)27(35-24)23(17-30)25(33)31-15-14-18-4-2-1-3-5-18/h1-13,24H,14-16H2,(H,31,33). The van der Waals surface area contributed by atoms with Gasteiger partial charge in [0.1, 0.15) is 22.5 Å². The van der Waals surface area contributed by atoms with Crippen LogP contribution in [0.4, 0.5) is 10.1 Å². The summed E-state index contributed by atoms with van der Waals surface area (Å²) in [5, 5.41) is 12.9. The van der Waals surface area contributed by atoms with Gasteiger partial charge in [-0.1, -0.05) is 65.8 Å². The largest absolute Gasteiger partial charge is 0.351 e. The summed E-state index contributed by atoms with van der Waals surface area (Å²) in [6, 6.07) is 24.2. The van der Waals surface area contributed by atoms with Crippen molar-refractivity contribution in [2.45, 2.75) is 18.1 Å². The molecule has 1 atom stereocenters. The summed E-state index contributed by atoms with van der Waals surface area (Å²) in [4.78, 5) is 27.7. The minimum Gasteiger partial charge on any atom is -0.351 e. The summed E-state index contributed by atoms with van der Waals surface area (Å²) in [5.41, 5.74) is 2.19. The average Bonchev–Trinajstić information content (AvgIpc) is 3.17. The smallest absolute Gasteiger partial charge is 0.264 e. The Labute approximate surface area is 212 Å². The Morgan fingerprint density at radius 3 is 2.37 bits per heavy atom. The molecular weight excluding hydrogens is 485 g/mol. The van der Waals surface area contributed by atoms with E-state index in [4.69, 9.17) is 11.6 Å². The van der Waals surface area contributed by atoms with Crippen molar-refractivity contribution in [2.24, 2.45) is 0 Å². The van der Waals surface area contributed by atoms with E-state index in [0.29, 0.717) is 30.1 Å². The summed E-state index contributed by atoms with van der Waals surface area (Å²) < 4.78 is 13.5. The maximum atomic E-state index is 13.5. The molecule has 0 aromatic heterocycles. The summed E-state index contributed by atoms with van der Waals surface area (Å²) >= 11 is 7.13. The molecule has 1 unspecified atom stereocenters. The van der Waals surface area contributed by atoms with Crippen molar-refractivity contribution < 1.29 is 14.0 Å². The Hall–Kier alpha value is -3.60. The lowest BCUT2D eigenvalue weighted by Gasteiger charge is -2.18. The first-order valence-electron chi connectivity index (χ1n) is 10.9. The van der Waals surface area contributed by atoms with E-state index in [1.54, 1.807) is 12.1 Å². The van der Waals surface area contributed by atoms with E-state index in [0.717, 1.165) is 22.9 Å². The molecule has 8 heteroatoms. The van der Waals surface area contributed by atoms with Gasteiger partial charge in [-0.3, -0.25) is 14.5 Å². The van der Waals surface area contributed by atoms with E-state index in [2.05, 4.69) is 5.32 Å². The topological polar surface area (TPSA) is 73.2 Å². The number of nitriles is 1. The predicted octanol–water partition coefficient (Wildman–Crippen LogP) is 5.26. The second-order valence-electron chi connectivity index (χ2n) is 7.87. The molecule has 0 spiro atoms. The van der Waals surface area contributed by atoms with Crippen LogP contribution in [-0.4, -0.2) is 23.6 Å². The molecule has 5 nitrogen and oxygen atoms in total. The third kappa shape index (κ3) is 5.91. The highest BCUT2D eigenvalue weighted by Crippen LogP contribution is 2.42. The first kappa shape index (κ1) is 24.5. The van der Waals surface area contributed by atoms with Gasteiger partial charge >= 0.3 is 0 Å². The Kier molecular flexibility index (Phi) is 7.86. The second-order valence-corrected chi connectivity index (χ2v) is 9.50. The third-order valence-corrected chi connectivity index (χ3v) is 6.98. The van der Waals surface area contributed by atoms with Crippen LogP contribution in [0, 0.1) is 17.1 Å². The number of carbonyl (C=O) groups is 2. The van der Waals surface area contributed by atoms with E-state index in [1.807, 2.05) is 48.5 Å². The number of hydrogen-bond donors (Lipinski definition) is 1. The SMILES string of the molecule is N#CC(C(=O)NCCc1ccccc1)=C1SC(Cc2ccc(Cl)cc2)C(=O)N1c1ccc(F)cc1. The van der Waals surface area contributed by atoms with E-state index < -0.39 is 17.0 Å². The van der Waals surface area contributed by atoms with Crippen molar-refractivity contribution in [3.05, 3.63) is 111 Å². The van der Waals surface area contributed by atoms with Crippen LogP contribution in [0.25, 0.3) is 0 Å². The monoisotopic (exact) mass is 505 g/mol. The molecule has 1 heterocycles. The molecule has 0 bridgehead atoms. The van der Waals surface area contributed by atoms with Gasteiger partial charge in [0.2, 0.25) is 5.91 Å². The highest BCUT2D eigenvalue weighted by molar-refractivity contribution is 8.05. The number of carbonyl (C=O) groups excluding carboxylic acids is 2. The number of rotatable bonds is 7. The summed E-state index contributed by atoms with van der Waals surface area (Å²) in [6.07, 6.45) is 0.990. The molecule has 0 aliphatic carbocycles. The fourth-order valence-corrected chi connectivity index (χ4v) is 5.13. The van der Waals surface area contributed by atoms with Crippen molar-refractivity contribution >= 4 is 40.9 Å². The lowest BCUT2D eigenvalue weighted by molar-refractivity contribution is -0.117. The number of nitrogens with one attached hydrogen (secondary N) is 1. The van der Waals surface area contributed by atoms with Crippen molar-refractivity contribution in [3.8, 4) is 6.07 Å². The van der Waals surface area contributed by atoms with E-state index >= 15 is 0 Å². The maximum Gasteiger partial charge on any atom is 0.264 e. The van der Waals surface area contributed by atoms with Crippen molar-refractivity contribution in [2.75, 3.05) is 11.4 Å². The molecule has 1 aliphatic heterocycles. The number of benzene rings is 3. The Morgan fingerprint density at radius 1 is 1.03 bits per heavy atom. The molecule has 0 radical (unpaired) electrons. The van der Waals surface area contributed by atoms with Gasteiger partial charge in [-0.15, -0.1) is 0 Å². The molecule has 2 amide bonds. The molecule has 1 N–H and O–H groups in total. The molecule has 0 saturated carbocycles. The van der Waals surface area contributed by atoms with Crippen LogP contribution in [0.1, 0.15) is 11.1 Å². The van der Waals surface area contributed by atoms with Crippen LogP contribution in [0.3, 0.4) is 0 Å². The van der Waals surface area contributed by atoms with Gasteiger partial charge < -0.3 is 5.32 Å². The molecule has 1 aliphatic rings. The Balaban J connectivity index is 1.61. The molecule has 176 valence electrons. The van der Waals surface area contributed by atoms with E-state index in [9.17, 15) is 19.2 Å². The van der Waals surface area contributed by atoms with E-state index in [-0.39, 0.29) is 16.5 Å². The van der Waals surface area contributed by atoms with Crippen LogP contribution in [0.5, 0.6) is 0 Å². The highest BCUT2D eigenvalue weighted by atomic mass is 35.5. The fraction of sp³-hybridized carbons (Fsp3) is 0.148. The number of hydrogen-bond acceptors (Lipinski definition) is 4. The lowest BCUT2D eigenvalue weighted by Crippen LogP contribution is -2.32. The van der Waals surface area contributed by atoms with Gasteiger partial charge in [-0.05, 0) is 60.4 Å². The second kappa shape index (κ2) is 11.2. The number of anilines is 1.